The molecule has 0 nitrogen and oxygen atoms in total. The van der Waals surface area contributed by atoms with Gasteiger partial charge in [0.1, 0.15) is 0 Å². The van der Waals surface area contributed by atoms with Gasteiger partial charge in [-0.15, -0.1) is 0 Å². The second-order valence-electron chi connectivity index (χ2n) is 3.59. The molecule has 0 aromatic heterocycles. The molecule has 0 aliphatic rings. The summed E-state index contributed by atoms with van der Waals surface area (Å²) in [6.07, 6.45) is 1.04. The lowest BCUT2D eigenvalue weighted by Gasteiger charge is -2.13. The Kier molecular flexibility index (Phi) is 4.27. The molecular formula is C11H14BrCl. The quantitative estimate of drug-likeness (QED) is 0.712. The summed E-state index contributed by atoms with van der Waals surface area (Å²) >= 11 is 9.55. The third kappa shape index (κ3) is 3.70. The van der Waals surface area contributed by atoms with E-state index in [0.29, 0.717) is 10.7 Å². The maximum absolute atomic E-state index is 5.89. The lowest BCUT2D eigenvalue weighted by molar-refractivity contribution is 0.613. The summed E-state index contributed by atoms with van der Waals surface area (Å²) in [5.74, 6) is 0.652. The monoisotopic (exact) mass is 260 g/mol. The summed E-state index contributed by atoms with van der Waals surface area (Å²) < 4.78 is 0. The van der Waals surface area contributed by atoms with E-state index in [2.05, 4.69) is 35.8 Å². The molecule has 13 heavy (non-hydrogen) atoms. The zero-order valence-corrected chi connectivity index (χ0v) is 10.3. The second-order valence-corrected chi connectivity index (χ2v) is 5.21. The Labute approximate surface area is 93.4 Å². The van der Waals surface area contributed by atoms with Crippen LogP contribution in [0, 0.1) is 5.92 Å². The summed E-state index contributed by atoms with van der Waals surface area (Å²) in [5.41, 5.74) is 1.29. The van der Waals surface area contributed by atoms with Gasteiger partial charge in [-0.3, -0.25) is 0 Å². The van der Waals surface area contributed by atoms with Crippen LogP contribution in [0.25, 0.3) is 0 Å². The highest BCUT2D eigenvalue weighted by Crippen LogP contribution is 2.19. The van der Waals surface area contributed by atoms with Crippen molar-refractivity contribution in [2.24, 2.45) is 5.92 Å². The van der Waals surface area contributed by atoms with Crippen molar-refractivity contribution in [3.05, 3.63) is 34.9 Å². The Balaban J connectivity index is 2.64. The fourth-order valence-corrected chi connectivity index (χ4v) is 1.71. The third-order valence-electron chi connectivity index (χ3n) is 2.04. The molecule has 0 radical (unpaired) electrons. The topological polar surface area (TPSA) is 0 Å². The maximum atomic E-state index is 5.89. The molecule has 0 N–H and O–H groups in total. The van der Waals surface area contributed by atoms with Gasteiger partial charge in [0.25, 0.3) is 0 Å². The zero-order valence-electron chi connectivity index (χ0n) is 7.93. The molecule has 0 aliphatic carbocycles. The fraction of sp³-hybridized carbons (Fsp3) is 0.455. The van der Waals surface area contributed by atoms with E-state index >= 15 is 0 Å². The normalized spacial score (nSPS) is 13.3. The van der Waals surface area contributed by atoms with Crippen LogP contribution >= 0.6 is 27.5 Å². The summed E-state index contributed by atoms with van der Waals surface area (Å²) in [7, 11) is 0. The summed E-state index contributed by atoms with van der Waals surface area (Å²) in [6, 6.07) is 8.04. The molecule has 0 heterocycles. The van der Waals surface area contributed by atoms with E-state index in [0.717, 1.165) is 11.4 Å². The van der Waals surface area contributed by atoms with Crippen molar-refractivity contribution in [3.63, 3.8) is 0 Å². The molecule has 0 saturated carbocycles. The van der Waals surface area contributed by atoms with Crippen molar-refractivity contribution in [2.75, 3.05) is 0 Å². The first kappa shape index (κ1) is 11.1. The van der Waals surface area contributed by atoms with Gasteiger partial charge in [0.15, 0.2) is 0 Å². The predicted octanol–water partition coefficient (Wildman–Crippen LogP) is 4.30. The molecular weight excluding hydrogens is 247 g/mol. The van der Waals surface area contributed by atoms with E-state index in [4.69, 9.17) is 11.6 Å². The molecule has 2 heteroatoms. The van der Waals surface area contributed by atoms with E-state index < -0.39 is 0 Å². The largest absolute Gasteiger partial charge is 0.0884 e. The Hall–Kier alpha value is -0.0100. The molecule has 0 aliphatic heterocycles. The third-order valence-corrected chi connectivity index (χ3v) is 3.66. The highest BCUT2D eigenvalue weighted by atomic mass is 79.9. The van der Waals surface area contributed by atoms with Crippen LogP contribution in [0.2, 0.25) is 5.02 Å². The van der Waals surface area contributed by atoms with E-state index in [1.165, 1.54) is 5.56 Å². The molecule has 1 unspecified atom stereocenters. The van der Waals surface area contributed by atoms with Crippen LogP contribution in [0.15, 0.2) is 24.3 Å². The maximum Gasteiger partial charge on any atom is 0.0408 e. The summed E-state index contributed by atoms with van der Waals surface area (Å²) in [6.45, 7) is 4.42. The van der Waals surface area contributed by atoms with E-state index in [9.17, 15) is 0 Å². The van der Waals surface area contributed by atoms with E-state index in [-0.39, 0.29) is 0 Å². The first-order valence-electron chi connectivity index (χ1n) is 4.48. The molecule has 0 amide bonds. The average Bonchev–Trinajstić information content (AvgIpc) is 2.04. The number of halogens is 2. The zero-order chi connectivity index (χ0) is 9.84. The lowest BCUT2D eigenvalue weighted by Crippen LogP contribution is -2.10. The van der Waals surface area contributed by atoms with Crippen molar-refractivity contribution in [2.45, 2.75) is 25.1 Å². The molecule has 1 aromatic carbocycles. The van der Waals surface area contributed by atoms with Crippen molar-refractivity contribution in [1.29, 1.82) is 0 Å². The van der Waals surface area contributed by atoms with Gasteiger partial charge in [0, 0.05) is 9.85 Å². The van der Waals surface area contributed by atoms with Gasteiger partial charge < -0.3 is 0 Å². The number of benzene rings is 1. The summed E-state index contributed by atoms with van der Waals surface area (Å²) in [5, 5.41) is 0.820. The SMILES string of the molecule is CC(C)C(Br)Cc1cccc(Cl)c1. The molecule has 0 bridgehead atoms. The van der Waals surface area contributed by atoms with Crippen LogP contribution in [0.1, 0.15) is 19.4 Å². The Bertz CT molecular complexity index is 271. The van der Waals surface area contributed by atoms with Crippen molar-refractivity contribution < 1.29 is 0 Å². The van der Waals surface area contributed by atoms with Gasteiger partial charge >= 0.3 is 0 Å². The highest BCUT2D eigenvalue weighted by molar-refractivity contribution is 9.09. The molecule has 1 aromatic rings. The highest BCUT2D eigenvalue weighted by Gasteiger charge is 2.09. The Morgan fingerprint density at radius 1 is 1.38 bits per heavy atom. The van der Waals surface area contributed by atoms with Crippen LogP contribution in [0.4, 0.5) is 0 Å². The molecule has 0 saturated heterocycles. The van der Waals surface area contributed by atoms with Crippen LogP contribution in [-0.4, -0.2) is 4.83 Å². The van der Waals surface area contributed by atoms with Gasteiger partial charge in [-0.2, -0.15) is 0 Å². The molecule has 72 valence electrons. The minimum absolute atomic E-state index is 0.533. The van der Waals surface area contributed by atoms with Crippen LogP contribution in [-0.2, 0) is 6.42 Å². The van der Waals surface area contributed by atoms with Crippen LogP contribution in [0.3, 0.4) is 0 Å². The number of alkyl halides is 1. The fourth-order valence-electron chi connectivity index (χ4n) is 1.12. The lowest BCUT2D eigenvalue weighted by atomic mass is 10.0. The average molecular weight is 262 g/mol. The first-order chi connectivity index (χ1) is 6.09. The van der Waals surface area contributed by atoms with Gasteiger partial charge in [-0.1, -0.05) is 53.5 Å². The van der Waals surface area contributed by atoms with Gasteiger partial charge in [-0.05, 0) is 30.0 Å². The number of hydrogen-bond acceptors (Lipinski definition) is 0. The standard InChI is InChI=1S/C11H14BrCl/c1-8(2)11(12)7-9-4-3-5-10(13)6-9/h3-6,8,11H,7H2,1-2H3. The van der Waals surface area contributed by atoms with Crippen molar-refractivity contribution in [1.82, 2.24) is 0 Å². The van der Waals surface area contributed by atoms with E-state index in [1.807, 2.05) is 18.2 Å². The number of hydrogen-bond donors (Lipinski definition) is 0. The minimum Gasteiger partial charge on any atom is -0.0884 e. The van der Waals surface area contributed by atoms with Crippen LogP contribution < -0.4 is 0 Å². The first-order valence-corrected chi connectivity index (χ1v) is 5.77. The van der Waals surface area contributed by atoms with Crippen molar-refractivity contribution >= 4 is 27.5 Å². The Morgan fingerprint density at radius 3 is 2.62 bits per heavy atom. The Morgan fingerprint density at radius 2 is 2.08 bits per heavy atom. The van der Waals surface area contributed by atoms with Crippen LogP contribution in [0.5, 0.6) is 0 Å². The molecule has 1 rings (SSSR count). The second kappa shape index (κ2) is 5.02. The molecule has 0 spiro atoms. The van der Waals surface area contributed by atoms with Gasteiger partial charge in [0.05, 0.1) is 0 Å². The van der Waals surface area contributed by atoms with Gasteiger partial charge in [0.2, 0.25) is 0 Å². The van der Waals surface area contributed by atoms with Crippen molar-refractivity contribution in [3.8, 4) is 0 Å². The minimum atomic E-state index is 0.533. The molecule has 1 atom stereocenters. The number of rotatable bonds is 3. The smallest absolute Gasteiger partial charge is 0.0408 e. The van der Waals surface area contributed by atoms with Gasteiger partial charge in [-0.25, -0.2) is 0 Å². The summed E-state index contributed by atoms with van der Waals surface area (Å²) in [4.78, 5) is 0.533. The predicted molar refractivity (Wildman–Crippen MR) is 62.7 cm³/mol. The van der Waals surface area contributed by atoms with E-state index in [1.54, 1.807) is 0 Å². The molecule has 0 fully saturated rings.